The number of benzene rings is 1. The molecule has 1 aromatic carbocycles. The Hall–Kier alpha value is -2.41. The summed E-state index contributed by atoms with van der Waals surface area (Å²) in [7, 11) is 0. The van der Waals surface area contributed by atoms with E-state index in [9.17, 15) is 0 Å². The van der Waals surface area contributed by atoms with Gasteiger partial charge < -0.3 is 5.73 Å². The van der Waals surface area contributed by atoms with Gasteiger partial charge in [-0.25, -0.2) is 4.98 Å². The lowest BCUT2D eigenvalue weighted by atomic mass is 10.3. The number of hydrogen-bond acceptors (Lipinski definition) is 6. The Labute approximate surface area is 113 Å². The van der Waals surface area contributed by atoms with E-state index in [1.165, 1.54) is 11.8 Å². The zero-order valence-corrected chi connectivity index (χ0v) is 10.7. The van der Waals surface area contributed by atoms with Gasteiger partial charge in [0.15, 0.2) is 0 Å². The smallest absolute Gasteiger partial charge is 0.220 e. The van der Waals surface area contributed by atoms with Crippen LogP contribution in [0.2, 0.25) is 0 Å². The predicted octanol–water partition coefficient (Wildman–Crippen LogP) is 1.79. The van der Waals surface area contributed by atoms with Crippen molar-refractivity contribution in [3.05, 3.63) is 48.5 Å². The summed E-state index contributed by atoms with van der Waals surface area (Å²) < 4.78 is 1.66. The fourth-order valence-corrected chi connectivity index (χ4v) is 2.35. The van der Waals surface area contributed by atoms with E-state index in [2.05, 4.69) is 20.5 Å². The standard InChI is InChI=1S/C12H10N6S/c13-10-7-4-8-11(14-10)19-12-15-16-17-18(12)9-5-2-1-3-6-9/h1-8H,(H2,13,14). The van der Waals surface area contributed by atoms with E-state index in [-0.39, 0.29) is 0 Å². The molecule has 0 aliphatic carbocycles. The second-order valence-electron chi connectivity index (χ2n) is 3.71. The highest BCUT2D eigenvalue weighted by Gasteiger charge is 2.10. The van der Waals surface area contributed by atoms with Crippen LogP contribution in [0.25, 0.3) is 5.69 Å². The van der Waals surface area contributed by atoms with Crippen molar-refractivity contribution < 1.29 is 0 Å². The van der Waals surface area contributed by atoms with Crippen LogP contribution < -0.4 is 5.73 Å². The normalized spacial score (nSPS) is 10.5. The van der Waals surface area contributed by atoms with Gasteiger partial charge in [0.25, 0.3) is 0 Å². The third-order valence-corrected chi connectivity index (χ3v) is 3.26. The van der Waals surface area contributed by atoms with Crippen molar-refractivity contribution in [1.82, 2.24) is 25.2 Å². The van der Waals surface area contributed by atoms with Crippen LogP contribution in [-0.4, -0.2) is 25.2 Å². The Morgan fingerprint density at radius 1 is 1.00 bits per heavy atom. The molecule has 0 radical (unpaired) electrons. The summed E-state index contributed by atoms with van der Waals surface area (Å²) in [6.45, 7) is 0. The molecular formula is C12H10N6S. The molecule has 0 unspecified atom stereocenters. The molecule has 0 saturated heterocycles. The van der Waals surface area contributed by atoms with Gasteiger partial charge in [-0.05, 0) is 46.5 Å². The number of rotatable bonds is 3. The number of hydrogen-bond donors (Lipinski definition) is 1. The van der Waals surface area contributed by atoms with Gasteiger partial charge in [0.2, 0.25) is 5.16 Å². The molecule has 0 amide bonds. The molecule has 0 aliphatic heterocycles. The first-order valence-electron chi connectivity index (χ1n) is 5.57. The molecule has 0 bridgehead atoms. The summed E-state index contributed by atoms with van der Waals surface area (Å²) in [5.41, 5.74) is 6.56. The minimum Gasteiger partial charge on any atom is -0.384 e. The molecule has 94 valence electrons. The van der Waals surface area contributed by atoms with Crippen molar-refractivity contribution in [3.8, 4) is 5.69 Å². The number of nitrogen functional groups attached to an aromatic ring is 1. The van der Waals surface area contributed by atoms with Gasteiger partial charge in [0.1, 0.15) is 10.8 Å². The van der Waals surface area contributed by atoms with E-state index in [1.807, 2.05) is 42.5 Å². The maximum atomic E-state index is 5.65. The third kappa shape index (κ3) is 2.55. The first-order chi connectivity index (χ1) is 9.33. The molecule has 2 aromatic heterocycles. The van der Waals surface area contributed by atoms with Gasteiger partial charge in [-0.2, -0.15) is 4.68 Å². The largest absolute Gasteiger partial charge is 0.384 e. The van der Waals surface area contributed by atoms with Crippen LogP contribution in [-0.2, 0) is 0 Å². The highest BCUT2D eigenvalue weighted by atomic mass is 32.2. The van der Waals surface area contributed by atoms with E-state index in [1.54, 1.807) is 10.7 Å². The molecule has 0 atom stereocenters. The van der Waals surface area contributed by atoms with Gasteiger partial charge in [0, 0.05) is 0 Å². The van der Waals surface area contributed by atoms with E-state index in [0.29, 0.717) is 11.0 Å². The highest BCUT2D eigenvalue weighted by Crippen LogP contribution is 2.25. The number of nitrogens with two attached hydrogens (primary N) is 1. The van der Waals surface area contributed by atoms with E-state index >= 15 is 0 Å². The molecular weight excluding hydrogens is 260 g/mol. The molecule has 2 N–H and O–H groups in total. The van der Waals surface area contributed by atoms with Gasteiger partial charge >= 0.3 is 0 Å². The molecule has 0 saturated carbocycles. The predicted molar refractivity (Wildman–Crippen MR) is 71.9 cm³/mol. The van der Waals surface area contributed by atoms with Crippen LogP contribution in [0, 0.1) is 0 Å². The Balaban J connectivity index is 1.93. The monoisotopic (exact) mass is 270 g/mol. The molecule has 6 nitrogen and oxygen atoms in total. The van der Waals surface area contributed by atoms with Gasteiger partial charge in [-0.3, -0.25) is 0 Å². The van der Waals surface area contributed by atoms with Crippen LogP contribution in [0.3, 0.4) is 0 Å². The summed E-state index contributed by atoms with van der Waals surface area (Å²) in [5.74, 6) is 0.476. The third-order valence-electron chi connectivity index (χ3n) is 2.38. The maximum absolute atomic E-state index is 5.65. The molecule has 19 heavy (non-hydrogen) atoms. The molecule has 0 spiro atoms. The van der Waals surface area contributed by atoms with Gasteiger partial charge in [-0.1, -0.05) is 24.3 Å². The van der Waals surface area contributed by atoms with E-state index < -0.39 is 0 Å². The van der Waals surface area contributed by atoms with Crippen molar-refractivity contribution in [1.29, 1.82) is 0 Å². The minimum atomic E-state index is 0.476. The second kappa shape index (κ2) is 5.07. The maximum Gasteiger partial charge on any atom is 0.220 e. The van der Waals surface area contributed by atoms with Crippen molar-refractivity contribution in [3.63, 3.8) is 0 Å². The number of para-hydroxylation sites is 1. The molecule has 0 aliphatic rings. The Kier molecular flexibility index (Phi) is 3.11. The number of anilines is 1. The Morgan fingerprint density at radius 3 is 2.63 bits per heavy atom. The topological polar surface area (TPSA) is 82.5 Å². The lowest BCUT2D eigenvalue weighted by Crippen LogP contribution is -1.99. The van der Waals surface area contributed by atoms with Crippen molar-refractivity contribution >= 4 is 17.6 Å². The van der Waals surface area contributed by atoms with Crippen LogP contribution in [0.1, 0.15) is 0 Å². The van der Waals surface area contributed by atoms with Crippen molar-refractivity contribution in [2.45, 2.75) is 10.2 Å². The van der Waals surface area contributed by atoms with Crippen LogP contribution in [0.5, 0.6) is 0 Å². The average molecular weight is 270 g/mol. The Morgan fingerprint density at radius 2 is 1.84 bits per heavy atom. The Bertz CT molecular complexity index is 681. The lowest BCUT2D eigenvalue weighted by molar-refractivity contribution is 0.756. The summed E-state index contributed by atoms with van der Waals surface area (Å²) in [4.78, 5) is 4.21. The quantitative estimate of drug-likeness (QED) is 0.781. The SMILES string of the molecule is Nc1cccc(Sc2nnnn2-c2ccccc2)n1. The summed E-state index contributed by atoms with van der Waals surface area (Å²) >= 11 is 1.37. The lowest BCUT2D eigenvalue weighted by Gasteiger charge is -2.03. The first kappa shape index (κ1) is 11.7. The summed E-state index contributed by atoms with van der Waals surface area (Å²) in [5, 5.41) is 13.1. The molecule has 3 aromatic rings. The zero-order chi connectivity index (χ0) is 13.1. The number of tetrazole rings is 1. The van der Waals surface area contributed by atoms with Crippen molar-refractivity contribution in [2.24, 2.45) is 0 Å². The first-order valence-corrected chi connectivity index (χ1v) is 6.39. The summed E-state index contributed by atoms with van der Waals surface area (Å²) in [6, 6.07) is 15.1. The summed E-state index contributed by atoms with van der Waals surface area (Å²) in [6.07, 6.45) is 0. The van der Waals surface area contributed by atoms with Crippen LogP contribution >= 0.6 is 11.8 Å². The molecule has 2 heterocycles. The fraction of sp³-hybridized carbons (Fsp3) is 0. The van der Waals surface area contributed by atoms with Gasteiger partial charge in [-0.15, -0.1) is 5.10 Å². The zero-order valence-electron chi connectivity index (χ0n) is 9.84. The van der Waals surface area contributed by atoms with Crippen LogP contribution in [0.15, 0.2) is 58.7 Å². The number of aromatic nitrogens is 5. The fourth-order valence-electron chi connectivity index (χ4n) is 1.55. The minimum absolute atomic E-state index is 0.476. The van der Waals surface area contributed by atoms with Gasteiger partial charge in [0.05, 0.1) is 5.69 Å². The molecule has 3 rings (SSSR count). The number of nitrogens with zero attached hydrogens (tertiary/aromatic N) is 5. The number of pyridine rings is 1. The second-order valence-corrected chi connectivity index (χ2v) is 4.70. The molecule has 0 fully saturated rings. The van der Waals surface area contributed by atoms with E-state index in [0.717, 1.165) is 10.7 Å². The average Bonchev–Trinajstić information content (AvgIpc) is 2.88. The van der Waals surface area contributed by atoms with Crippen LogP contribution in [0.4, 0.5) is 5.82 Å². The van der Waals surface area contributed by atoms with Crippen molar-refractivity contribution in [2.75, 3.05) is 5.73 Å². The highest BCUT2D eigenvalue weighted by molar-refractivity contribution is 7.99. The van der Waals surface area contributed by atoms with E-state index in [4.69, 9.17) is 5.73 Å². The molecule has 7 heteroatoms.